The van der Waals surface area contributed by atoms with E-state index >= 15 is 0 Å². The number of rotatable bonds is 2. The Morgan fingerprint density at radius 1 is 0.947 bits per heavy atom. The van der Waals surface area contributed by atoms with Gasteiger partial charge in [0.1, 0.15) is 0 Å². The second-order valence-electron chi connectivity index (χ2n) is 4.09. The third kappa shape index (κ3) is 2.28. The van der Waals surface area contributed by atoms with E-state index in [0.717, 1.165) is 16.5 Å². The summed E-state index contributed by atoms with van der Waals surface area (Å²) in [5.41, 5.74) is 1.36. The molecule has 0 fully saturated rings. The smallest absolute Gasteiger partial charge is 0.255 e. The molecule has 4 heteroatoms. The highest BCUT2D eigenvalue weighted by molar-refractivity contribution is 6.08. The number of aromatic nitrogens is 2. The van der Waals surface area contributed by atoms with E-state index in [4.69, 9.17) is 0 Å². The average Bonchev–Trinajstić information content (AvgIpc) is 2.48. The first-order valence-corrected chi connectivity index (χ1v) is 5.89. The van der Waals surface area contributed by atoms with Crippen LogP contribution in [0.2, 0.25) is 0 Å². The Bertz CT molecular complexity index is 720. The van der Waals surface area contributed by atoms with Gasteiger partial charge in [0.15, 0.2) is 0 Å². The van der Waals surface area contributed by atoms with Crippen LogP contribution in [0.1, 0.15) is 10.4 Å². The first-order chi connectivity index (χ1) is 9.34. The zero-order chi connectivity index (χ0) is 13.1. The topological polar surface area (TPSA) is 54.9 Å². The molecule has 2 heterocycles. The van der Waals surface area contributed by atoms with E-state index in [0.29, 0.717) is 5.56 Å². The molecule has 0 saturated heterocycles. The predicted molar refractivity (Wildman–Crippen MR) is 73.9 cm³/mol. The lowest BCUT2D eigenvalue weighted by Crippen LogP contribution is -2.12. The molecule has 0 aliphatic carbocycles. The molecular formula is C15H11N3O. The SMILES string of the molecule is O=C(Nc1cccc2cnccc12)c1ccncc1. The highest BCUT2D eigenvalue weighted by Gasteiger charge is 2.07. The minimum absolute atomic E-state index is 0.147. The molecule has 0 radical (unpaired) electrons. The number of pyridine rings is 2. The number of anilines is 1. The van der Waals surface area contributed by atoms with Gasteiger partial charge in [0.05, 0.1) is 0 Å². The Morgan fingerprint density at radius 3 is 2.58 bits per heavy atom. The molecule has 92 valence electrons. The van der Waals surface area contributed by atoms with Crippen molar-refractivity contribution in [1.82, 2.24) is 9.97 Å². The zero-order valence-electron chi connectivity index (χ0n) is 10.1. The van der Waals surface area contributed by atoms with Crippen LogP contribution in [0.25, 0.3) is 10.8 Å². The van der Waals surface area contributed by atoms with Gasteiger partial charge in [-0.2, -0.15) is 0 Å². The summed E-state index contributed by atoms with van der Waals surface area (Å²) >= 11 is 0. The standard InChI is InChI=1S/C15H11N3O/c19-15(11-4-7-16-8-5-11)18-14-3-1-2-12-10-17-9-6-13(12)14/h1-10H,(H,18,19). The van der Waals surface area contributed by atoms with Crippen molar-refractivity contribution in [3.05, 3.63) is 66.7 Å². The van der Waals surface area contributed by atoms with Crippen LogP contribution in [0.5, 0.6) is 0 Å². The van der Waals surface area contributed by atoms with Crippen LogP contribution in [-0.2, 0) is 0 Å². The molecule has 0 atom stereocenters. The number of nitrogens with one attached hydrogen (secondary N) is 1. The first kappa shape index (κ1) is 11.3. The molecule has 0 aliphatic heterocycles. The summed E-state index contributed by atoms with van der Waals surface area (Å²) in [5, 5.41) is 4.87. The molecule has 0 bridgehead atoms. The quantitative estimate of drug-likeness (QED) is 0.759. The summed E-state index contributed by atoms with van der Waals surface area (Å²) in [5.74, 6) is -0.147. The number of benzene rings is 1. The van der Waals surface area contributed by atoms with Crippen molar-refractivity contribution in [2.45, 2.75) is 0 Å². The van der Waals surface area contributed by atoms with E-state index in [2.05, 4.69) is 15.3 Å². The second kappa shape index (κ2) is 4.86. The monoisotopic (exact) mass is 249 g/mol. The van der Waals surface area contributed by atoms with E-state index in [1.54, 1.807) is 36.9 Å². The number of hydrogen-bond donors (Lipinski definition) is 1. The summed E-state index contributed by atoms with van der Waals surface area (Å²) in [6.07, 6.45) is 6.69. The van der Waals surface area contributed by atoms with Crippen LogP contribution in [0, 0.1) is 0 Å². The molecule has 1 aromatic carbocycles. The zero-order valence-corrected chi connectivity index (χ0v) is 10.1. The Kier molecular flexibility index (Phi) is 2.90. The third-order valence-corrected chi connectivity index (χ3v) is 2.87. The van der Waals surface area contributed by atoms with E-state index in [1.807, 2.05) is 24.3 Å². The third-order valence-electron chi connectivity index (χ3n) is 2.87. The largest absolute Gasteiger partial charge is 0.321 e. The maximum absolute atomic E-state index is 12.1. The summed E-state index contributed by atoms with van der Waals surface area (Å²) in [6, 6.07) is 11.0. The van der Waals surface area contributed by atoms with Crippen LogP contribution >= 0.6 is 0 Å². The molecule has 19 heavy (non-hydrogen) atoms. The average molecular weight is 249 g/mol. The van der Waals surface area contributed by atoms with Gasteiger partial charge in [0.25, 0.3) is 5.91 Å². The number of hydrogen-bond acceptors (Lipinski definition) is 3. The maximum Gasteiger partial charge on any atom is 0.255 e. The van der Waals surface area contributed by atoms with Crippen molar-refractivity contribution in [2.75, 3.05) is 5.32 Å². The molecule has 0 spiro atoms. The molecule has 3 aromatic rings. The highest BCUT2D eigenvalue weighted by Crippen LogP contribution is 2.22. The van der Waals surface area contributed by atoms with Gasteiger partial charge in [-0.1, -0.05) is 12.1 Å². The predicted octanol–water partition coefficient (Wildman–Crippen LogP) is 2.88. The van der Waals surface area contributed by atoms with Gasteiger partial charge in [-0.25, -0.2) is 0 Å². The minimum Gasteiger partial charge on any atom is -0.321 e. The van der Waals surface area contributed by atoms with Gasteiger partial charge in [-0.15, -0.1) is 0 Å². The minimum atomic E-state index is -0.147. The summed E-state index contributed by atoms with van der Waals surface area (Å²) in [4.78, 5) is 20.1. The molecule has 0 aliphatic rings. The van der Waals surface area contributed by atoms with Gasteiger partial charge in [0.2, 0.25) is 0 Å². The summed E-state index contributed by atoms with van der Waals surface area (Å²) in [6.45, 7) is 0. The van der Waals surface area contributed by atoms with Crippen LogP contribution in [-0.4, -0.2) is 15.9 Å². The fraction of sp³-hybridized carbons (Fsp3) is 0. The van der Waals surface area contributed by atoms with Crippen molar-refractivity contribution in [3.63, 3.8) is 0 Å². The van der Waals surface area contributed by atoms with Crippen LogP contribution in [0.15, 0.2) is 61.2 Å². The van der Waals surface area contributed by atoms with Gasteiger partial charge >= 0.3 is 0 Å². The Hall–Kier alpha value is -2.75. The normalized spacial score (nSPS) is 10.3. The lowest BCUT2D eigenvalue weighted by Gasteiger charge is -2.08. The van der Waals surface area contributed by atoms with E-state index in [-0.39, 0.29) is 5.91 Å². The van der Waals surface area contributed by atoms with Crippen molar-refractivity contribution in [2.24, 2.45) is 0 Å². The molecule has 0 unspecified atom stereocenters. The molecule has 0 saturated carbocycles. The number of amides is 1. The van der Waals surface area contributed by atoms with Crippen molar-refractivity contribution in [1.29, 1.82) is 0 Å². The molecule has 2 aromatic heterocycles. The highest BCUT2D eigenvalue weighted by atomic mass is 16.1. The van der Waals surface area contributed by atoms with E-state index in [1.165, 1.54) is 0 Å². The summed E-state index contributed by atoms with van der Waals surface area (Å²) in [7, 11) is 0. The van der Waals surface area contributed by atoms with E-state index < -0.39 is 0 Å². The van der Waals surface area contributed by atoms with Gasteiger partial charge in [0, 0.05) is 46.8 Å². The van der Waals surface area contributed by atoms with Crippen molar-refractivity contribution >= 4 is 22.4 Å². The first-order valence-electron chi connectivity index (χ1n) is 5.89. The molecule has 1 N–H and O–H groups in total. The Morgan fingerprint density at radius 2 is 1.74 bits per heavy atom. The summed E-state index contributed by atoms with van der Waals surface area (Å²) < 4.78 is 0. The Labute approximate surface area is 110 Å². The molecular weight excluding hydrogens is 238 g/mol. The van der Waals surface area contributed by atoms with Crippen molar-refractivity contribution < 1.29 is 4.79 Å². The Balaban J connectivity index is 1.96. The number of carbonyl (C=O) groups excluding carboxylic acids is 1. The fourth-order valence-electron chi connectivity index (χ4n) is 1.93. The van der Waals surface area contributed by atoms with Gasteiger partial charge in [-0.3, -0.25) is 14.8 Å². The van der Waals surface area contributed by atoms with Crippen LogP contribution in [0.4, 0.5) is 5.69 Å². The maximum atomic E-state index is 12.1. The molecule has 3 rings (SSSR count). The van der Waals surface area contributed by atoms with Crippen LogP contribution in [0.3, 0.4) is 0 Å². The number of fused-ring (bicyclic) bond motifs is 1. The second-order valence-corrected chi connectivity index (χ2v) is 4.09. The molecule has 1 amide bonds. The lowest BCUT2D eigenvalue weighted by atomic mass is 10.1. The lowest BCUT2D eigenvalue weighted by molar-refractivity contribution is 0.102. The van der Waals surface area contributed by atoms with Gasteiger partial charge < -0.3 is 5.32 Å². The van der Waals surface area contributed by atoms with E-state index in [9.17, 15) is 4.79 Å². The fourth-order valence-corrected chi connectivity index (χ4v) is 1.93. The molecule has 4 nitrogen and oxygen atoms in total. The van der Waals surface area contributed by atoms with Gasteiger partial charge in [-0.05, 0) is 24.3 Å². The van der Waals surface area contributed by atoms with Crippen molar-refractivity contribution in [3.8, 4) is 0 Å². The number of nitrogens with zero attached hydrogens (tertiary/aromatic N) is 2. The number of carbonyl (C=O) groups is 1. The van der Waals surface area contributed by atoms with Crippen LogP contribution < -0.4 is 5.32 Å².